The van der Waals surface area contributed by atoms with Crippen LogP contribution in [-0.2, 0) is 11.8 Å². The summed E-state index contributed by atoms with van der Waals surface area (Å²) >= 11 is 0. The molecular formula is C22H29F3N6O3. The predicted molar refractivity (Wildman–Crippen MR) is 120 cm³/mol. The second kappa shape index (κ2) is 10.4. The van der Waals surface area contributed by atoms with Crippen LogP contribution in [0.1, 0.15) is 29.8 Å². The fourth-order valence-corrected chi connectivity index (χ4v) is 4.00. The van der Waals surface area contributed by atoms with E-state index in [1.54, 1.807) is 0 Å². The van der Waals surface area contributed by atoms with Crippen molar-refractivity contribution in [1.29, 1.82) is 0 Å². The summed E-state index contributed by atoms with van der Waals surface area (Å²) in [5, 5.41) is 7.12. The molecule has 186 valence electrons. The Hall–Kier alpha value is -3.15. The Morgan fingerprint density at radius 3 is 2.18 bits per heavy atom. The summed E-state index contributed by atoms with van der Waals surface area (Å²) in [7, 11) is 6.08. The van der Waals surface area contributed by atoms with Crippen molar-refractivity contribution in [2.24, 2.45) is 7.05 Å². The smallest absolute Gasteiger partial charge is 0.475 e. The average molecular weight is 483 g/mol. The van der Waals surface area contributed by atoms with E-state index in [1.165, 1.54) is 12.8 Å². The number of likely N-dealkylation sites (tertiary alicyclic amines) is 1. The topological polar surface area (TPSA) is 94.8 Å². The van der Waals surface area contributed by atoms with E-state index in [-0.39, 0.29) is 5.91 Å². The van der Waals surface area contributed by atoms with Crippen LogP contribution >= 0.6 is 0 Å². The first-order valence-electron chi connectivity index (χ1n) is 11.0. The van der Waals surface area contributed by atoms with Crippen molar-refractivity contribution in [3.63, 3.8) is 0 Å². The lowest BCUT2D eigenvalue weighted by molar-refractivity contribution is -0.192. The highest BCUT2D eigenvalue weighted by molar-refractivity contribution is 5.94. The number of carboxylic acids is 1. The van der Waals surface area contributed by atoms with Gasteiger partial charge < -0.3 is 24.4 Å². The number of carboxylic acid groups (broad SMARTS) is 1. The first kappa shape index (κ1) is 25.5. The van der Waals surface area contributed by atoms with Gasteiger partial charge in [-0.05, 0) is 39.4 Å². The molecule has 1 N–H and O–H groups in total. The number of aryl methyl sites for hydroxylation is 1. The van der Waals surface area contributed by atoms with Crippen LogP contribution < -0.4 is 4.90 Å². The lowest BCUT2D eigenvalue weighted by Crippen LogP contribution is -2.35. The van der Waals surface area contributed by atoms with Crippen molar-refractivity contribution >= 4 is 17.8 Å². The summed E-state index contributed by atoms with van der Waals surface area (Å²) in [6.07, 6.45) is 4.08. The lowest BCUT2D eigenvalue weighted by atomic mass is 10.2. The standard InChI is InChI=1S/C20H28N6O.C2HF3O2/c1-23(2)17-6-9-26(14-17)19(27)18-10-15(13-24(18)3)16-11-21-20(22-12-16)25-7-4-5-8-25;3-2(4,5)1(6)7/h10-13,17H,4-9,14H2,1-3H3;(H,6,7). The highest BCUT2D eigenvalue weighted by atomic mass is 19.4. The first-order valence-corrected chi connectivity index (χ1v) is 11.0. The summed E-state index contributed by atoms with van der Waals surface area (Å²) in [5.74, 6) is -1.86. The third-order valence-corrected chi connectivity index (χ3v) is 6.01. The molecular weight excluding hydrogens is 453 g/mol. The summed E-state index contributed by atoms with van der Waals surface area (Å²) in [4.78, 5) is 37.3. The van der Waals surface area contributed by atoms with E-state index in [9.17, 15) is 18.0 Å². The number of rotatable bonds is 4. The van der Waals surface area contributed by atoms with Crippen LogP contribution in [0.25, 0.3) is 11.1 Å². The second-order valence-corrected chi connectivity index (χ2v) is 8.65. The molecule has 0 bridgehead atoms. The van der Waals surface area contributed by atoms with Crippen molar-refractivity contribution < 1.29 is 27.9 Å². The zero-order valence-electron chi connectivity index (χ0n) is 19.4. The maximum absolute atomic E-state index is 13.0. The number of nitrogens with zero attached hydrogens (tertiary/aromatic N) is 6. The van der Waals surface area contributed by atoms with Crippen LogP contribution in [0.4, 0.5) is 19.1 Å². The summed E-state index contributed by atoms with van der Waals surface area (Å²) < 4.78 is 33.6. The van der Waals surface area contributed by atoms with Gasteiger partial charge in [0.2, 0.25) is 5.95 Å². The summed E-state index contributed by atoms with van der Waals surface area (Å²) in [5.41, 5.74) is 2.64. The molecule has 2 aromatic heterocycles. The molecule has 0 radical (unpaired) electrons. The van der Waals surface area contributed by atoms with E-state index < -0.39 is 12.1 Å². The van der Waals surface area contributed by atoms with Gasteiger partial charge in [-0.25, -0.2) is 14.8 Å². The monoisotopic (exact) mass is 482 g/mol. The quantitative estimate of drug-likeness (QED) is 0.716. The maximum Gasteiger partial charge on any atom is 0.490 e. The molecule has 0 saturated carbocycles. The van der Waals surface area contributed by atoms with Gasteiger partial charge >= 0.3 is 12.1 Å². The Morgan fingerprint density at radius 2 is 1.68 bits per heavy atom. The molecule has 1 atom stereocenters. The SMILES string of the molecule is CN(C)C1CCN(C(=O)c2cc(-c3cnc(N4CCCC4)nc3)cn2C)C1.O=C(O)C(F)(F)F. The number of hydrogen-bond acceptors (Lipinski definition) is 6. The van der Waals surface area contributed by atoms with Gasteiger partial charge in [-0.3, -0.25) is 4.79 Å². The molecule has 4 heterocycles. The van der Waals surface area contributed by atoms with E-state index in [0.717, 1.165) is 49.7 Å². The fraction of sp³-hybridized carbons (Fsp3) is 0.545. The predicted octanol–water partition coefficient (Wildman–Crippen LogP) is 2.49. The van der Waals surface area contributed by atoms with Crippen LogP contribution in [-0.4, -0.2) is 93.8 Å². The number of anilines is 1. The molecule has 1 amide bonds. The van der Waals surface area contributed by atoms with Crippen LogP contribution in [0.5, 0.6) is 0 Å². The number of hydrogen-bond donors (Lipinski definition) is 1. The molecule has 12 heteroatoms. The summed E-state index contributed by atoms with van der Waals surface area (Å²) in [6, 6.07) is 2.40. The third-order valence-electron chi connectivity index (χ3n) is 6.01. The van der Waals surface area contributed by atoms with Gasteiger partial charge in [0.15, 0.2) is 0 Å². The number of likely N-dealkylation sites (N-methyl/N-ethyl adjacent to an activating group) is 1. The van der Waals surface area contributed by atoms with Gasteiger partial charge in [0.1, 0.15) is 5.69 Å². The molecule has 34 heavy (non-hydrogen) atoms. The number of alkyl halides is 3. The van der Waals surface area contributed by atoms with E-state index in [2.05, 4.69) is 33.9 Å². The van der Waals surface area contributed by atoms with E-state index >= 15 is 0 Å². The second-order valence-electron chi connectivity index (χ2n) is 8.65. The molecule has 9 nitrogen and oxygen atoms in total. The van der Waals surface area contributed by atoms with Gasteiger partial charge in [-0.15, -0.1) is 0 Å². The minimum absolute atomic E-state index is 0.0997. The number of carbonyl (C=O) groups excluding carboxylic acids is 1. The number of carbonyl (C=O) groups is 2. The Morgan fingerprint density at radius 1 is 1.09 bits per heavy atom. The molecule has 1 unspecified atom stereocenters. The van der Waals surface area contributed by atoms with Gasteiger partial charge in [0, 0.05) is 69.0 Å². The van der Waals surface area contributed by atoms with E-state index in [1.807, 2.05) is 41.2 Å². The van der Waals surface area contributed by atoms with Crippen molar-refractivity contribution in [1.82, 2.24) is 24.3 Å². The zero-order chi connectivity index (χ0) is 25.0. The van der Waals surface area contributed by atoms with Crippen LogP contribution in [0.2, 0.25) is 0 Å². The molecule has 0 aromatic carbocycles. The maximum atomic E-state index is 13.0. The van der Waals surface area contributed by atoms with E-state index in [4.69, 9.17) is 9.90 Å². The van der Waals surface area contributed by atoms with Gasteiger partial charge in [0.25, 0.3) is 5.91 Å². The molecule has 0 spiro atoms. The number of halogens is 3. The normalized spacial score (nSPS) is 18.3. The fourth-order valence-electron chi connectivity index (χ4n) is 4.00. The molecule has 2 aliphatic heterocycles. The van der Waals surface area contributed by atoms with Crippen molar-refractivity contribution in [2.75, 3.05) is 45.2 Å². The largest absolute Gasteiger partial charge is 0.490 e. The van der Waals surface area contributed by atoms with Crippen molar-refractivity contribution in [3.8, 4) is 11.1 Å². The van der Waals surface area contributed by atoms with Crippen LogP contribution in [0.15, 0.2) is 24.7 Å². The Bertz CT molecular complexity index is 1000. The minimum atomic E-state index is -5.08. The molecule has 2 aliphatic rings. The number of amides is 1. The average Bonchev–Trinajstić information content (AvgIpc) is 3.54. The highest BCUT2D eigenvalue weighted by Crippen LogP contribution is 2.24. The Kier molecular flexibility index (Phi) is 7.80. The van der Waals surface area contributed by atoms with E-state index in [0.29, 0.717) is 11.7 Å². The van der Waals surface area contributed by atoms with Gasteiger partial charge in [0.05, 0.1) is 0 Å². The summed E-state index contributed by atoms with van der Waals surface area (Å²) in [6.45, 7) is 3.68. The Labute approximate surface area is 195 Å². The highest BCUT2D eigenvalue weighted by Gasteiger charge is 2.38. The van der Waals surface area contributed by atoms with Crippen molar-refractivity contribution in [2.45, 2.75) is 31.5 Å². The van der Waals surface area contributed by atoms with Crippen LogP contribution in [0.3, 0.4) is 0 Å². The third kappa shape index (κ3) is 6.04. The number of aromatic nitrogens is 3. The molecule has 2 fully saturated rings. The minimum Gasteiger partial charge on any atom is -0.475 e. The van der Waals surface area contributed by atoms with Crippen LogP contribution in [0, 0.1) is 0 Å². The Balaban J connectivity index is 0.000000406. The zero-order valence-corrected chi connectivity index (χ0v) is 19.4. The van der Waals surface area contributed by atoms with Gasteiger partial charge in [-0.2, -0.15) is 13.2 Å². The number of aliphatic carboxylic acids is 1. The van der Waals surface area contributed by atoms with Gasteiger partial charge in [-0.1, -0.05) is 0 Å². The lowest BCUT2D eigenvalue weighted by Gasteiger charge is -2.20. The van der Waals surface area contributed by atoms with Crippen molar-refractivity contribution in [3.05, 3.63) is 30.4 Å². The molecule has 2 aromatic rings. The molecule has 2 saturated heterocycles. The molecule has 4 rings (SSSR count). The molecule has 0 aliphatic carbocycles. The first-order chi connectivity index (χ1) is 16.0.